The first-order valence-electron chi connectivity index (χ1n) is 20.3. The van der Waals surface area contributed by atoms with Crippen molar-refractivity contribution in [1.82, 2.24) is 25.4 Å². The van der Waals surface area contributed by atoms with Gasteiger partial charge >= 0.3 is 6.09 Å². The third kappa shape index (κ3) is 10.1. The molecule has 3 atom stereocenters. The summed E-state index contributed by atoms with van der Waals surface area (Å²) >= 11 is 0. The lowest BCUT2D eigenvalue weighted by Crippen LogP contribution is -2.52. The number of fused-ring (bicyclic) bond motifs is 4. The number of ether oxygens (including phenoxy) is 2. The van der Waals surface area contributed by atoms with Gasteiger partial charge < -0.3 is 40.2 Å². The molecule has 4 aromatic carbocycles. The molecule has 4 heterocycles. The normalized spacial score (nSPS) is 18.3. The molecular formula is C46H53N5O7. The van der Waals surface area contributed by atoms with Crippen molar-refractivity contribution in [2.75, 3.05) is 45.8 Å². The van der Waals surface area contributed by atoms with Gasteiger partial charge in [-0.2, -0.15) is 0 Å². The zero-order chi connectivity index (χ0) is 40.4. The van der Waals surface area contributed by atoms with E-state index in [1.807, 2.05) is 90.7 Å². The molecule has 2 amide bonds. The van der Waals surface area contributed by atoms with Gasteiger partial charge in [0.1, 0.15) is 24.2 Å². The molecule has 1 aromatic heterocycles. The quantitative estimate of drug-likeness (QED) is 0.0684. The molecule has 3 fully saturated rings. The highest BCUT2D eigenvalue weighted by Gasteiger charge is 2.37. The van der Waals surface area contributed by atoms with Crippen molar-refractivity contribution in [3.8, 4) is 11.5 Å². The van der Waals surface area contributed by atoms with Gasteiger partial charge in [-0.1, -0.05) is 60.7 Å². The lowest BCUT2D eigenvalue weighted by Gasteiger charge is -2.43. The number of aliphatic hydroxyl groups is 1. The van der Waals surface area contributed by atoms with Crippen LogP contribution in [0, 0.1) is 5.92 Å². The van der Waals surface area contributed by atoms with Crippen LogP contribution < -0.4 is 20.9 Å². The van der Waals surface area contributed by atoms with E-state index in [0.717, 1.165) is 62.0 Å². The van der Waals surface area contributed by atoms with Crippen molar-refractivity contribution in [1.29, 1.82) is 0 Å². The molecule has 3 aliphatic rings. The van der Waals surface area contributed by atoms with Crippen molar-refractivity contribution in [3.05, 3.63) is 141 Å². The Morgan fingerprint density at radius 2 is 1.71 bits per heavy atom. The third-order valence-corrected chi connectivity index (χ3v) is 11.4. The van der Waals surface area contributed by atoms with Crippen molar-refractivity contribution in [2.45, 2.75) is 57.5 Å². The number of hydrogen-bond donors (Lipinski definition) is 5. The molecule has 2 bridgehead atoms. The van der Waals surface area contributed by atoms with Gasteiger partial charge in [0.05, 0.1) is 17.7 Å². The van der Waals surface area contributed by atoms with E-state index < -0.39 is 18.2 Å². The molecule has 2 unspecified atom stereocenters. The molecule has 5 N–H and O–H groups in total. The van der Waals surface area contributed by atoms with Crippen LogP contribution >= 0.6 is 0 Å². The predicted octanol–water partition coefficient (Wildman–Crippen LogP) is 6.29. The average Bonchev–Trinajstić information content (AvgIpc) is 3.25. The SMILES string of the molecule is CCN(CCCCNCC(O)c1ccc(O)c2[nH]c(=O)ccc12)C(=O)c1ccc(COc2cccc(C(NC(=O)O[C@H]3CN4CCC3CC4)c3ccccc3)c2)cc1. The molecule has 3 aliphatic heterocycles. The van der Waals surface area contributed by atoms with Crippen LogP contribution in [0.1, 0.15) is 77.4 Å². The number of alkyl carbamates (subject to hydrolysis) is 1. The highest BCUT2D eigenvalue weighted by atomic mass is 16.6. The molecule has 304 valence electrons. The van der Waals surface area contributed by atoms with Crippen LogP contribution in [0.15, 0.2) is 108 Å². The first kappa shape index (κ1) is 40.5. The van der Waals surface area contributed by atoms with Gasteiger partial charge in [-0.25, -0.2) is 4.79 Å². The highest BCUT2D eigenvalue weighted by Crippen LogP contribution is 2.31. The number of aromatic amines is 1. The van der Waals surface area contributed by atoms with Crippen molar-refractivity contribution in [2.24, 2.45) is 5.92 Å². The van der Waals surface area contributed by atoms with Gasteiger partial charge in [-0.05, 0) is 117 Å². The topological polar surface area (TPSA) is 156 Å². The molecule has 5 aromatic rings. The van der Waals surface area contributed by atoms with Crippen LogP contribution in [0.25, 0.3) is 10.9 Å². The molecule has 12 heteroatoms. The van der Waals surface area contributed by atoms with E-state index >= 15 is 0 Å². The van der Waals surface area contributed by atoms with E-state index in [1.165, 1.54) is 12.1 Å². The van der Waals surface area contributed by atoms with E-state index in [9.17, 15) is 24.6 Å². The maximum absolute atomic E-state index is 13.4. The molecule has 0 saturated carbocycles. The summed E-state index contributed by atoms with van der Waals surface area (Å²) in [6, 6.07) is 30.8. The van der Waals surface area contributed by atoms with Crippen LogP contribution in [0.2, 0.25) is 0 Å². The molecule has 0 spiro atoms. The Morgan fingerprint density at radius 1 is 0.931 bits per heavy atom. The molecule has 8 rings (SSSR count). The van der Waals surface area contributed by atoms with Crippen LogP contribution in [0.3, 0.4) is 0 Å². The second kappa shape index (κ2) is 19.2. The Morgan fingerprint density at radius 3 is 2.45 bits per heavy atom. The summed E-state index contributed by atoms with van der Waals surface area (Å²) in [5.41, 5.74) is 3.96. The lowest BCUT2D eigenvalue weighted by atomic mass is 9.86. The molecule has 0 aliphatic carbocycles. The number of unbranched alkanes of at least 4 members (excludes halogenated alkanes) is 1. The Kier molecular flexibility index (Phi) is 13.4. The maximum atomic E-state index is 13.4. The first-order chi connectivity index (χ1) is 28.2. The summed E-state index contributed by atoms with van der Waals surface area (Å²) in [6.45, 7) is 7.38. The fourth-order valence-corrected chi connectivity index (χ4v) is 8.07. The van der Waals surface area contributed by atoms with Gasteiger partial charge in [-0.3, -0.25) is 14.5 Å². The standard InChI is InChI=1S/C46H53N5O7/c1-2-51(24-7-6-23-47-28-40(53)37-17-19-39(52)44-38(37)18-20-42(54)48-44)45(55)34-15-13-31(14-16-34)30-57-36-12-8-11-35(27-36)43(33-9-4-3-5-10-33)49-46(56)58-41-29-50-25-21-32(41)22-26-50/h3-5,8-20,27,32,40-41,43,47,52-53H,2,6-7,21-26,28-30H2,1H3,(H,48,54)(H,49,56)/t40?,41-,43?/m0/s1. The number of carbonyl (C=O) groups is 2. The number of aromatic nitrogens is 1. The number of benzene rings is 4. The minimum absolute atomic E-state index is 0.0326. The van der Waals surface area contributed by atoms with Crippen LogP contribution in [0.4, 0.5) is 4.79 Å². The summed E-state index contributed by atoms with van der Waals surface area (Å²) in [5.74, 6) is 1.01. The fraction of sp³-hybridized carbons (Fsp3) is 0.370. The number of amides is 2. The fourth-order valence-electron chi connectivity index (χ4n) is 8.07. The van der Waals surface area contributed by atoms with E-state index in [4.69, 9.17) is 9.47 Å². The summed E-state index contributed by atoms with van der Waals surface area (Å²) < 4.78 is 12.2. The number of phenolic OH excluding ortho intramolecular Hbond substituents is 1. The summed E-state index contributed by atoms with van der Waals surface area (Å²) in [7, 11) is 0. The van der Waals surface area contributed by atoms with Crippen LogP contribution in [-0.2, 0) is 11.3 Å². The van der Waals surface area contributed by atoms with E-state index in [-0.39, 0.29) is 23.3 Å². The van der Waals surface area contributed by atoms with Gasteiger partial charge in [0.2, 0.25) is 5.56 Å². The second-order valence-electron chi connectivity index (χ2n) is 15.2. The zero-order valence-electron chi connectivity index (χ0n) is 32.9. The predicted molar refractivity (Wildman–Crippen MR) is 223 cm³/mol. The maximum Gasteiger partial charge on any atom is 0.408 e. The minimum Gasteiger partial charge on any atom is -0.506 e. The molecular weight excluding hydrogens is 735 g/mol. The smallest absolute Gasteiger partial charge is 0.408 e. The van der Waals surface area contributed by atoms with E-state index in [0.29, 0.717) is 66.5 Å². The summed E-state index contributed by atoms with van der Waals surface area (Å²) in [5, 5.41) is 27.9. The number of piperidine rings is 3. The Labute approximate surface area is 338 Å². The number of pyridine rings is 1. The molecule has 58 heavy (non-hydrogen) atoms. The second-order valence-corrected chi connectivity index (χ2v) is 15.2. The Hall–Kier alpha value is -5.69. The highest BCUT2D eigenvalue weighted by molar-refractivity contribution is 5.94. The van der Waals surface area contributed by atoms with Gasteiger partial charge in [0, 0.05) is 43.2 Å². The van der Waals surface area contributed by atoms with E-state index in [2.05, 4.69) is 20.5 Å². The van der Waals surface area contributed by atoms with Crippen molar-refractivity contribution in [3.63, 3.8) is 0 Å². The first-order valence-corrected chi connectivity index (χ1v) is 20.3. The number of aromatic hydroxyl groups is 1. The van der Waals surface area contributed by atoms with Gasteiger partial charge in [-0.15, -0.1) is 0 Å². The minimum atomic E-state index is -0.827. The number of H-pyrrole nitrogens is 1. The van der Waals surface area contributed by atoms with E-state index in [1.54, 1.807) is 12.1 Å². The van der Waals surface area contributed by atoms with Crippen molar-refractivity contribution < 1.29 is 29.3 Å². The number of nitrogens with zero attached hydrogens (tertiary/aromatic N) is 2. The number of nitrogens with one attached hydrogen (secondary N) is 3. The summed E-state index contributed by atoms with van der Waals surface area (Å²) in [4.78, 5) is 45.2. The van der Waals surface area contributed by atoms with Crippen molar-refractivity contribution >= 4 is 22.9 Å². The number of hydrogen-bond acceptors (Lipinski definition) is 9. The zero-order valence-corrected chi connectivity index (χ0v) is 32.9. The Balaban J connectivity index is 0.874. The van der Waals surface area contributed by atoms with Crippen LogP contribution in [0.5, 0.6) is 11.5 Å². The van der Waals surface area contributed by atoms with Crippen LogP contribution in [-0.4, -0.2) is 88.9 Å². The molecule has 3 saturated heterocycles. The van der Waals surface area contributed by atoms with Gasteiger partial charge in [0.15, 0.2) is 0 Å². The Bertz CT molecular complexity index is 2200. The monoisotopic (exact) mass is 787 g/mol. The lowest BCUT2D eigenvalue weighted by molar-refractivity contribution is -0.0336. The largest absolute Gasteiger partial charge is 0.506 e. The molecule has 12 nitrogen and oxygen atoms in total. The third-order valence-electron chi connectivity index (χ3n) is 11.4. The average molecular weight is 788 g/mol. The number of rotatable bonds is 17. The number of phenols is 1. The van der Waals surface area contributed by atoms with Gasteiger partial charge in [0.25, 0.3) is 5.91 Å². The summed E-state index contributed by atoms with van der Waals surface area (Å²) in [6.07, 6.45) is 2.41. The number of aliphatic hydroxyl groups excluding tert-OH is 1. The number of carbonyl (C=O) groups excluding carboxylic acids is 2. The molecule has 0 radical (unpaired) electrons.